The Morgan fingerprint density at radius 1 is 1.18 bits per heavy atom. The lowest BCUT2D eigenvalue weighted by Crippen LogP contribution is -2.02. The highest BCUT2D eigenvalue weighted by molar-refractivity contribution is 9.10. The molecule has 0 bridgehead atoms. The number of tetrazole rings is 1. The predicted molar refractivity (Wildman–Crippen MR) is 66.0 cm³/mol. The summed E-state index contributed by atoms with van der Waals surface area (Å²) in [4.78, 5) is 4.24. The van der Waals surface area contributed by atoms with E-state index in [9.17, 15) is 0 Å². The molecule has 0 aliphatic heterocycles. The van der Waals surface area contributed by atoms with Crippen LogP contribution in [0.2, 0.25) is 0 Å². The zero-order valence-corrected chi connectivity index (χ0v) is 10.2. The summed E-state index contributed by atoms with van der Waals surface area (Å²) in [5.41, 5.74) is 1.55. The number of fused-ring (bicyclic) bond motifs is 1. The summed E-state index contributed by atoms with van der Waals surface area (Å²) in [5.74, 6) is 0.569. The average molecular weight is 291 g/mol. The van der Waals surface area contributed by atoms with E-state index in [1.807, 2.05) is 30.3 Å². The number of rotatable bonds is 2. The highest BCUT2D eigenvalue weighted by atomic mass is 79.9. The fraction of sp³-hybridized carbons (Fsp3) is 0. The number of halogens is 1. The molecular formula is C10H7BrN6. The van der Waals surface area contributed by atoms with Gasteiger partial charge in [-0.15, -0.1) is 5.10 Å². The summed E-state index contributed by atoms with van der Waals surface area (Å²) in [6.45, 7) is 0. The van der Waals surface area contributed by atoms with Crippen LogP contribution in [-0.4, -0.2) is 25.0 Å². The van der Waals surface area contributed by atoms with Crippen molar-refractivity contribution in [3.63, 3.8) is 0 Å². The smallest absolute Gasteiger partial charge is 0.231 e. The molecule has 0 amide bonds. The molecule has 3 aromatic rings. The SMILES string of the molecule is Brc1cnc(Nc2ccccc2)n2nnnc12. The zero-order chi connectivity index (χ0) is 11.7. The van der Waals surface area contributed by atoms with Crippen LogP contribution in [0.3, 0.4) is 0 Å². The van der Waals surface area contributed by atoms with Gasteiger partial charge in [0.2, 0.25) is 5.95 Å². The van der Waals surface area contributed by atoms with Gasteiger partial charge in [0, 0.05) is 11.9 Å². The van der Waals surface area contributed by atoms with E-state index >= 15 is 0 Å². The molecule has 3 rings (SSSR count). The third-order valence-corrected chi connectivity index (χ3v) is 2.77. The second-order valence-electron chi connectivity index (χ2n) is 3.34. The number of benzene rings is 1. The molecule has 0 radical (unpaired) electrons. The lowest BCUT2D eigenvalue weighted by molar-refractivity contribution is 0.816. The monoisotopic (exact) mass is 290 g/mol. The van der Waals surface area contributed by atoms with E-state index in [1.54, 1.807) is 6.20 Å². The first-order valence-corrected chi connectivity index (χ1v) is 5.68. The zero-order valence-electron chi connectivity index (χ0n) is 8.58. The van der Waals surface area contributed by atoms with Crippen LogP contribution in [0, 0.1) is 0 Å². The van der Waals surface area contributed by atoms with Crippen molar-refractivity contribution < 1.29 is 0 Å². The quantitative estimate of drug-likeness (QED) is 0.782. The third kappa shape index (κ3) is 1.84. The van der Waals surface area contributed by atoms with Gasteiger partial charge in [-0.25, -0.2) is 4.98 Å². The number of hydrogen-bond acceptors (Lipinski definition) is 5. The van der Waals surface area contributed by atoms with E-state index < -0.39 is 0 Å². The van der Waals surface area contributed by atoms with Crippen LogP contribution >= 0.6 is 15.9 Å². The van der Waals surface area contributed by atoms with Gasteiger partial charge in [-0.05, 0) is 38.5 Å². The van der Waals surface area contributed by atoms with Crippen molar-refractivity contribution in [2.24, 2.45) is 0 Å². The second-order valence-corrected chi connectivity index (χ2v) is 4.19. The minimum atomic E-state index is 0.569. The van der Waals surface area contributed by atoms with Crippen LogP contribution in [0.5, 0.6) is 0 Å². The van der Waals surface area contributed by atoms with Gasteiger partial charge in [-0.3, -0.25) is 0 Å². The molecule has 7 heteroatoms. The fourth-order valence-corrected chi connectivity index (χ4v) is 1.79. The Bertz CT molecular complexity index is 650. The first-order chi connectivity index (χ1) is 8.34. The summed E-state index contributed by atoms with van der Waals surface area (Å²) in [6.07, 6.45) is 1.66. The average Bonchev–Trinajstić information content (AvgIpc) is 2.84. The molecule has 2 heterocycles. The lowest BCUT2D eigenvalue weighted by atomic mass is 10.3. The summed E-state index contributed by atoms with van der Waals surface area (Å²) in [5, 5.41) is 14.5. The molecule has 0 spiro atoms. The van der Waals surface area contributed by atoms with Gasteiger partial charge in [0.25, 0.3) is 0 Å². The van der Waals surface area contributed by atoms with Crippen molar-refractivity contribution in [2.45, 2.75) is 0 Å². The first-order valence-electron chi connectivity index (χ1n) is 4.89. The molecule has 2 aromatic heterocycles. The normalized spacial score (nSPS) is 10.6. The molecule has 0 aliphatic carbocycles. The summed E-state index contributed by atoms with van der Waals surface area (Å²) in [7, 11) is 0. The molecule has 0 atom stereocenters. The van der Waals surface area contributed by atoms with Gasteiger partial charge < -0.3 is 5.32 Å². The Kier molecular flexibility index (Phi) is 2.45. The maximum absolute atomic E-state index is 4.24. The first kappa shape index (κ1) is 10.2. The van der Waals surface area contributed by atoms with Crippen LogP contribution in [0.4, 0.5) is 11.6 Å². The molecule has 1 N–H and O–H groups in total. The van der Waals surface area contributed by atoms with E-state index in [2.05, 4.69) is 41.8 Å². The van der Waals surface area contributed by atoms with Crippen LogP contribution in [0.15, 0.2) is 41.0 Å². The number of para-hydroxylation sites is 1. The molecule has 0 fully saturated rings. The molecule has 0 saturated heterocycles. The van der Waals surface area contributed by atoms with Crippen molar-refractivity contribution in [1.82, 2.24) is 25.0 Å². The minimum absolute atomic E-state index is 0.569. The highest BCUT2D eigenvalue weighted by Gasteiger charge is 2.08. The van der Waals surface area contributed by atoms with Gasteiger partial charge in [0.1, 0.15) is 0 Å². The van der Waals surface area contributed by atoms with Gasteiger partial charge in [-0.2, -0.15) is 4.52 Å². The summed E-state index contributed by atoms with van der Waals surface area (Å²) >= 11 is 3.34. The Labute approximate surface area is 105 Å². The molecule has 0 aliphatic rings. The van der Waals surface area contributed by atoms with Crippen molar-refractivity contribution >= 4 is 33.2 Å². The van der Waals surface area contributed by atoms with Crippen LogP contribution in [0.1, 0.15) is 0 Å². The van der Waals surface area contributed by atoms with E-state index in [0.29, 0.717) is 11.6 Å². The number of anilines is 2. The van der Waals surface area contributed by atoms with E-state index in [-0.39, 0.29) is 0 Å². The Morgan fingerprint density at radius 3 is 2.82 bits per heavy atom. The predicted octanol–water partition coefficient (Wildman–Crippen LogP) is 2.03. The number of hydrogen-bond donors (Lipinski definition) is 1. The van der Waals surface area contributed by atoms with E-state index in [4.69, 9.17) is 0 Å². The van der Waals surface area contributed by atoms with E-state index in [0.717, 1.165) is 10.2 Å². The highest BCUT2D eigenvalue weighted by Crippen LogP contribution is 2.19. The second kappa shape index (κ2) is 4.10. The van der Waals surface area contributed by atoms with Gasteiger partial charge in [0.05, 0.1) is 4.47 Å². The van der Waals surface area contributed by atoms with Gasteiger partial charge >= 0.3 is 0 Å². The van der Waals surface area contributed by atoms with Crippen molar-refractivity contribution in [1.29, 1.82) is 0 Å². The number of nitrogens with zero attached hydrogens (tertiary/aromatic N) is 5. The van der Waals surface area contributed by atoms with Crippen molar-refractivity contribution in [3.8, 4) is 0 Å². The van der Waals surface area contributed by atoms with Crippen LogP contribution in [-0.2, 0) is 0 Å². The van der Waals surface area contributed by atoms with Crippen LogP contribution in [0.25, 0.3) is 5.65 Å². The standard InChI is InChI=1S/C10H7BrN6/c11-8-6-12-10(17-9(8)14-15-16-17)13-7-4-2-1-3-5-7/h1-6H,(H,12,13). The summed E-state index contributed by atoms with van der Waals surface area (Å²) < 4.78 is 2.29. The molecular weight excluding hydrogens is 284 g/mol. The largest absolute Gasteiger partial charge is 0.324 e. The molecule has 1 aromatic carbocycles. The van der Waals surface area contributed by atoms with Crippen molar-refractivity contribution in [2.75, 3.05) is 5.32 Å². The topological polar surface area (TPSA) is 68.0 Å². The Hall–Kier alpha value is -2.02. The number of nitrogens with one attached hydrogen (secondary N) is 1. The van der Waals surface area contributed by atoms with Gasteiger partial charge in [0.15, 0.2) is 5.65 Å². The van der Waals surface area contributed by atoms with E-state index in [1.165, 1.54) is 4.52 Å². The summed E-state index contributed by atoms with van der Waals surface area (Å²) in [6, 6.07) is 9.72. The maximum atomic E-state index is 4.24. The molecule has 6 nitrogen and oxygen atoms in total. The Morgan fingerprint density at radius 2 is 2.00 bits per heavy atom. The third-order valence-electron chi connectivity index (χ3n) is 2.21. The van der Waals surface area contributed by atoms with Crippen LogP contribution < -0.4 is 5.32 Å². The maximum Gasteiger partial charge on any atom is 0.231 e. The molecule has 0 unspecified atom stereocenters. The molecule has 84 valence electrons. The number of aromatic nitrogens is 5. The van der Waals surface area contributed by atoms with Crippen molar-refractivity contribution in [3.05, 3.63) is 41.0 Å². The molecule has 0 saturated carbocycles. The lowest BCUT2D eigenvalue weighted by Gasteiger charge is -2.06. The minimum Gasteiger partial charge on any atom is -0.324 e. The van der Waals surface area contributed by atoms with Gasteiger partial charge in [-0.1, -0.05) is 18.2 Å². The molecule has 17 heavy (non-hydrogen) atoms. The fourth-order valence-electron chi connectivity index (χ4n) is 1.44. The Balaban J connectivity index is 2.07.